The summed E-state index contributed by atoms with van der Waals surface area (Å²) in [5, 5.41) is 4.55. The van der Waals surface area contributed by atoms with Gasteiger partial charge >= 0.3 is 13.3 Å². The molecule has 9 heteroatoms. The summed E-state index contributed by atoms with van der Waals surface area (Å²) in [6.45, 7) is 8.69. The smallest absolute Gasteiger partial charge is 0.429 e. The number of para-hydroxylation sites is 1. The highest BCUT2D eigenvalue weighted by Gasteiger charge is 2.49. The van der Waals surface area contributed by atoms with E-state index in [4.69, 9.17) is 4.74 Å². The van der Waals surface area contributed by atoms with Crippen molar-refractivity contribution in [3.05, 3.63) is 36.7 Å². The Hall–Kier alpha value is -2.06. The lowest BCUT2D eigenvalue weighted by Crippen LogP contribution is -2.47. The number of nitrogens with zero attached hydrogens (tertiary/aromatic N) is 3. The topological polar surface area (TPSA) is 30.9 Å². The summed E-state index contributed by atoms with van der Waals surface area (Å²) in [7, 11) is -6.00. The first-order valence-corrected chi connectivity index (χ1v) is 7.61. The quantitative estimate of drug-likeness (QED) is 0.471. The summed E-state index contributed by atoms with van der Waals surface area (Å²) in [5.41, 5.74) is 0.847. The molecular formula is C15H20BF4N3O. The zero-order chi connectivity index (χ0) is 18.1. The van der Waals surface area contributed by atoms with Crippen LogP contribution in [0.4, 0.5) is 17.3 Å². The van der Waals surface area contributed by atoms with Crippen molar-refractivity contribution in [3.8, 4) is 11.7 Å². The van der Waals surface area contributed by atoms with Crippen LogP contribution in [0.1, 0.15) is 33.7 Å². The molecule has 0 radical (unpaired) electrons. The standard InChI is InChI=1S/C15H20N3O.BF4/c1-11(2)13-15(3,4)19-14-16-18(10-17(13)14)12-8-6-5-7-9-12;2-1(3,4)5/h5-11,13H,1-4H3;/q+1;-1/t13-;/m1./s1. The van der Waals surface area contributed by atoms with Gasteiger partial charge in [0.1, 0.15) is 17.3 Å². The third kappa shape index (κ3) is 4.27. The predicted octanol–water partition coefficient (Wildman–Crippen LogP) is 3.83. The number of fused-ring (bicyclic) bond motifs is 1. The van der Waals surface area contributed by atoms with Crippen LogP contribution in [-0.2, 0) is 0 Å². The van der Waals surface area contributed by atoms with Crippen molar-refractivity contribution in [2.45, 2.75) is 39.3 Å². The normalized spacial score (nSPS) is 18.6. The molecule has 0 saturated heterocycles. The Labute approximate surface area is 138 Å². The van der Waals surface area contributed by atoms with Gasteiger partial charge in [0.25, 0.3) is 0 Å². The molecule has 0 N–H and O–H groups in total. The minimum atomic E-state index is -6.00. The lowest BCUT2D eigenvalue weighted by Gasteiger charge is -2.26. The molecular weight excluding hydrogens is 325 g/mol. The fraction of sp³-hybridized carbons (Fsp3) is 0.467. The van der Waals surface area contributed by atoms with Gasteiger partial charge in [0.05, 0.1) is 5.10 Å². The van der Waals surface area contributed by atoms with Crippen LogP contribution < -0.4 is 9.30 Å². The summed E-state index contributed by atoms with van der Waals surface area (Å²) in [4.78, 5) is 0. The number of hydrogen-bond acceptors (Lipinski definition) is 2. The van der Waals surface area contributed by atoms with Gasteiger partial charge < -0.3 is 22.0 Å². The van der Waals surface area contributed by atoms with Gasteiger partial charge in [-0.3, -0.25) is 0 Å². The molecule has 24 heavy (non-hydrogen) atoms. The first-order valence-electron chi connectivity index (χ1n) is 7.61. The van der Waals surface area contributed by atoms with E-state index in [1.807, 2.05) is 41.3 Å². The first kappa shape index (κ1) is 18.3. The molecule has 0 unspecified atom stereocenters. The van der Waals surface area contributed by atoms with E-state index in [0.29, 0.717) is 18.0 Å². The Morgan fingerprint density at radius 2 is 1.71 bits per heavy atom. The fourth-order valence-corrected chi connectivity index (χ4v) is 3.06. The summed E-state index contributed by atoms with van der Waals surface area (Å²) < 4.78 is 49.0. The van der Waals surface area contributed by atoms with E-state index in [-0.39, 0.29) is 5.60 Å². The third-order valence-electron chi connectivity index (χ3n) is 3.67. The van der Waals surface area contributed by atoms with Crippen molar-refractivity contribution in [1.29, 1.82) is 0 Å². The van der Waals surface area contributed by atoms with Crippen LogP contribution in [0.25, 0.3) is 5.69 Å². The number of aromatic nitrogens is 3. The van der Waals surface area contributed by atoms with Crippen LogP contribution in [0.15, 0.2) is 36.7 Å². The van der Waals surface area contributed by atoms with Crippen LogP contribution in [0.3, 0.4) is 0 Å². The van der Waals surface area contributed by atoms with E-state index in [9.17, 15) is 17.3 Å². The molecule has 1 aliphatic heterocycles. The van der Waals surface area contributed by atoms with E-state index in [1.54, 1.807) is 0 Å². The van der Waals surface area contributed by atoms with E-state index >= 15 is 0 Å². The zero-order valence-electron chi connectivity index (χ0n) is 14.0. The fourth-order valence-electron chi connectivity index (χ4n) is 3.06. The van der Waals surface area contributed by atoms with Crippen molar-refractivity contribution < 1.29 is 26.6 Å². The first-order chi connectivity index (χ1) is 11.0. The predicted molar refractivity (Wildman–Crippen MR) is 82.5 cm³/mol. The average Bonchev–Trinajstić information content (AvgIpc) is 2.90. The van der Waals surface area contributed by atoms with Crippen molar-refractivity contribution in [1.82, 2.24) is 9.78 Å². The van der Waals surface area contributed by atoms with Crippen LogP contribution >= 0.6 is 0 Å². The number of benzene rings is 1. The lowest BCUT2D eigenvalue weighted by molar-refractivity contribution is -0.717. The van der Waals surface area contributed by atoms with Gasteiger partial charge in [-0.25, -0.2) is 0 Å². The highest BCUT2D eigenvalue weighted by molar-refractivity contribution is 6.50. The molecule has 1 aromatic carbocycles. The van der Waals surface area contributed by atoms with Crippen LogP contribution in [0.5, 0.6) is 6.01 Å². The molecule has 3 rings (SSSR count). The minimum absolute atomic E-state index is 0.202. The van der Waals surface area contributed by atoms with E-state index in [2.05, 4.69) is 37.4 Å². The third-order valence-corrected chi connectivity index (χ3v) is 3.67. The molecule has 0 spiro atoms. The number of rotatable bonds is 2. The van der Waals surface area contributed by atoms with Crippen molar-refractivity contribution in [2.75, 3.05) is 0 Å². The summed E-state index contributed by atoms with van der Waals surface area (Å²) >= 11 is 0. The van der Waals surface area contributed by atoms with Gasteiger partial charge in [0, 0.05) is 0 Å². The van der Waals surface area contributed by atoms with Crippen LogP contribution in [0, 0.1) is 5.92 Å². The molecule has 0 saturated carbocycles. The Bertz CT molecular complexity index is 680. The second-order valence-electron chi connectivity index (χ2n) is 6.47. The van der Waals surface area contributed by atoms with Crippen molar-refractivity contribution in [3.63, 3.8) is 0 Å². The molecule has 0 bridgehead atoms. The molecule has 1 aliphatic rings. The van der Waals surface area contributed by atoms with Gasteiger partial charge in [-0.1, -0.05) is 36.7 Å². The van der Waals surface area contributed by atoms with Gasteiger partial charge in [0.2, 0.25) is 6.33 Å². The molecule has 2 aromatic rings. The second kappa shape index (κ2) is 6.45. The maximum Gasteiger partial charge on any atom is 0.673 e. The number of halogens is 4. The summed E-state index contributed by atoms with van der Waals surface area (Å²) in [6.07, 6.45) is 2.03. The van der Waals surface area contributed by atoms with Gasteiger partial charge in [-0.15, -0.1) is 0 Å². The average molecular weight is 345 g/mol. The van der Waals surface area contributed by atoms with E-state index in [1.165, 1.54) is 0 Å². The largest absolute Gasteiger partial charge is 0.673 e. The maximum atomic E-state index is 9.75. The van der Waals surface area contributed by atoms with Gasteiger partial charge in [-0.05, 0) is 31.9 Å². The van der Waals surface area contributed by atoms with Crippen LogP contribution in [-0.4, -0.2) is 22.6 Å². The highest BCUT2D eigenvalue weighted by Crippen LogP contribution is 2.35. The summed E-state index contributed by atoms with van der Waals surface area (Å²) in [6, 6.07) is 11.1. The molecule has 2 heterocycles. The second-order valence-corrected chi connectivity index (χ2v) is 6.47. The zero-order valence-corrected chi connectivity index (χ0v) is 14.0. The Balaban J connectivity index is 0.000000368. The molecule has 0 fully saturated rings. The number of hydrogen-bond donors (Lipinski definition) is 0. The minimum Gasteiger partial charge on any atom is -0.429 e. The molecule has 0 aliphatic carbocycles. The van der Waals surface area contributed by atoms with E-state index < -0.39 is 7.25 Å². The van der Waals surface area contributed by atoms with Crippen molar-refractivity contribution in [2.24, 2.45) is 5.92 Å². The molecule has 1 atom stereocenters. The lowest BCUT2D eigenvalue weighted by atomic mass is 9.90. The van der Waals surface area contributed by atoms with Crippen molar-refractivity contribution >= 4 is 7.25 Å². The Morgan fingerprint density at radius 1 is 1.17 bits per heavy atom. The summed E-state index contributed by atoms with van der Waals surface area (Å²) in [5.74, 6) is 0.495. The van der Waals surface area contributed by atoms with Gasteiger partial charge in [0.15, 0.2) is 0 Å². The SMILES string of the molecule is CC(C)[C@H]1[n+]2cn(-c3ccccc3)nc2OC1(C)C.F[B-](F)(F)F. The van der Waals surface area contributed by atoms with Gasteiger partial charge in [-0.2, -0.15) is 4.57 Å². The Morgan fingerprint density at radius 3 is 2.21 bits per heavy atom. The molecule has 132 valence electrons. The highest BCUT2D eigenvalue weighted by atomic mass is 19.5. The molecule has 0 amide bonds. The molecule has 4 nitrogen and oxygen atoms in total. The molecule has 1 aromatic heterocycles. The monoisotopic (exact) mass is 345 g/mol. The number of ether oxygens (including phenoxy) is 1. The maximum absolute atomic E-state index is 9.75. The van der Waals surface area contributed by atoms with Crippen LogP contribution in [0.2, 0.25) is 0 Å². The van der Waals surface area contributed by atoms with E-state index in [0.717, 1.165) is 5.69 Å². The Kier molecular flexibility index (Phi) is 4.91.